The van der Waals surface area contributed by atoms with E-state index >= 15 is 0 Å². The van der Waals surface area contributed by atoms with Crippen molar-refractivity contribution in [2.24, 2.45) is 5.92 Å². The van der Waals surface area contributed by atoms with Crippen LogP contribution in [-0.2, 0) is 6.54 Å². The van der Waals surface area contributed by atoms with Gasteiger partial charge in [0.15, 0.2) is 0 Å². The zero-order valence-corrected chi connectivity index (χ0v) is 12.0. The molecule has 1 aromatic rings. The average molecular weight is 321 g/mol. The summed E-state index contributed by atoms with van der Waals surface area (Å²) < 4.78 is 13.1. The van der Waals surface area contributed by atoms with Gasteiger partial charge in [-0.3, -0.25) is 4.90 Å². The van der Waals surface area contributed by atoms with E-state index in [-0.39, 0.29) is 5.82 Å². The van der Waals surface area contributed by atoms with Crippen molar-refractivity contribution in [2.75, 3.05) is 18.4 Å². The van der Waals surface area contributed by atoms with Crippen LogP contribution in [0.15, 0.2) is 18.2 Å². The third kappa shape index (κ3) is 3.67. The minimum atomic E-state index is -0.208. The smallest absolute Gasteiger partial charge is 0.123 e. The Kier molecular flexibility index (Phi) is 4.83. The first-order valence-electron chi connectivity index (χ1n) is 5.91. The summed E-state index contributed by atoms with van der Waals surface area (Å²) in [6.45, 7) is 2.94. The second-order valence-corrected chi connectivity index (χ2v) is 5.80. The predicted octanol–water partition coefficient (Wildman–Crippen LogP) is 4.09. The van der Waals surface area contributed by atoms with E-state index in [4.69, 9.17) is 11.6 Å². The Hall–Kier alpha value is -0.120. The minimum Gasteiger partial charge on any atom is -0.299 e. The molecule has 0 saturated carbocycles. The number of hydrogen-bond acceptors (Lipinski definition) is 1. The fraction of sp³-hybridized carbons (Fsp3) is 0.538. The van der Waals surface area contributed by atoms with Crippen LogP contribution in [0.1, 0.15) is 18.4 Å². The van der Waals surface area contributed by atoms with E-state index in [1.54, 1.807) is 12.1 Å². The summed E-state index contributed by atoms with van der Waals surface area (Å²) in [5, 5.41) is 1.72. The van der Waals surface area contributed by atoms with E-state index in [1.165, 1.54) is 18.9 Å². The molecule has 0 amide bonds. The number of alkyl halides is 1. The van der Waals surface area contributed by atoms with Gasteiger partial charge in [-0.05, 0) is 49.1 Å². The lowest BCUT2D eigenvalue weighted by Crippen LogP contribution is -2.20. The van der Waals surface area contributed by atoms with Gasteiger partial charge in [0.2, 0.25) is 0 Å². The van der Waals surface area contributed by atoms with Crippen LogP contribution in [0.3, 0.4) is 0 Å². The van der Waals surface area contributed by atoms with Crippen molar-refractivity contribution in [1.29, 1.82) is 0 Å². The summed E-state index contributed by atoms with van der Waals surface area (Å²) in [6.07, 6.45) is 2.45. The second kappa shape index (κ2) is 6.17. The zero-order valence-electron chi connectivity index (χ0n) is 9.63. The third-order valence-electron chi connectivity index (χ3n) is 3.29. The van der Waals surface area contributed by atoms with Crippen LogP contribution < -0.4 is 0 Å². The van der Waals surface area contributed by atoms with Crippen molar-refractivity contribution in [3.05, 3.63) is 34.6 Å². The zero-order chi connectivity index (χ0) is 12.3. The Balaban J connectivity index is 1.95. The lowest BCUT2D eigenvalue weighted by molar-refractivity contribution is 0.315. The molecule has 1 atom stereocenters. The molecule has 2 rings (SSSR count). The van der Waals surface area contributed by atoms with Crippen molar-refractivity contribution >= 4 is 27.5 Å². The van der Waals surface area contributed by atoms with Crippen LogP contribution in [0.25, 0.3) is 0 Å². The number of halogens is 3. The van der Waals surface area contributed by atoms with Crippen molar-refractivity contribution in [3.8, 4) is 0 Å². The fourth-order valence-electron chi connectivity index (χ4n) is 2.35. The van der Waals surface area contributed by atoms with E-state index in [0.29, 0.717) is 5.02 Å². The van der Waals surface area contributed by atoms with Gasteiger partial charge in [-0.15, -0.1) is 0 Å². The lowest BCUT2D eigenvalue weighted by Gasteiger charge is -2.16. The summed E-state index contributed by atoms with van der Waals surface area (Å²) in [5.41, 5.74) is 0.895. The first kappa shape index (κ1) is 13.3. The Morgan fingerprint density at radius 2 is 2.29 bits per heavy atom. The van der Waals surface area contributed by atoms with Crippen molar-refractivity contribution in [1.82, 2.24) is 4.90 Å². The molecule has 4 heteroatoms. The first-order valence-corrected chi connectivity index (χ1v) is 7.41. The maximum Gasteiger partial charge on any atom is 0.123 e. The van der Waals surface area contributed by atoms with Gasteiger partial charge in [0.1, 0.15) is 5.82 Å². The minimum absolute atomic E-state index is 0.208. The summed E-state index contributed by atoms with van der Waals surface area (Å²) in [4.78, 5) is 2.36. The Labute approximate surface area is 115 Å². The number of nitrogens with zero attached hydrogens (tertiary/aromatic N) is 1. The highest BCUT2D eigenvalue weighted by Crippen LogP contribution is 2.25. The highest BCUT2D eigenvalue weighted by Gasteiger charge is 2.22. The van der Waals surface area contributed by atoms with Gasteiger partial charge in [-0.1, -0.05) is 27.5 Å². The number of hydrogen-bond donors (Lipinski definition) is 0. The number of benzene rings is 1. The van der Waals surface area contributed by atoms with Gasteiger partial charge < -0.3 is 0 Å². The number of rotatable bonds is 4. The van der Waals surface area contributed by atoms with Gasteiger partial charge in [0.25, 0.3) is 0 Å². The molecule has 0 radical (unpaired) electrons. The molecule has 17 heavy (non-hydrogen) atoms. The van der Waals surface area contributed by atoms with E-state index in [1.807, 2.05) is 0 Å². The van der Waals surface area contributed by atoms with Crippen LogP contribution >= 0.6 is 27.5 Å². The molecule has 0 N–H and O–H groups in total. The Morgan fingerprint density at radius 3 is 3.06 bits per heavy atom. The molecule has 1 fully saturated rings. The highest BCUT2D eigenvalue weighted by atomic mass is 79.9. The molecular formula is C13H16BrClFN. The van der Waals surface area contributed by atoms with Gasteiger partial charge in [0, 0.05) is 23.4 Å². The monoisotopic (exact) mass is 319 g/mol. The third-order valence-corrected chi connectivity index (χ3v) is 4.12. The summed E-state index contributed by atoms with van der Waals surface area (Å²) >= 11 is 9.55. The summed E-state index contributed by atoms with van der Waals surface area (Å²) in [5.74, 6) is 0.558. The standard InChI is InChI=1S/C13H16BrClFN/c14-5-3-10-4-6-17(8-10)9-11-7-12(16)1-2-13(11)15/h1-2,7,10H,3-6,8-9H2. The highest BCUT2D eigenvalue weighted by molar-refractivity contribution is 9.09. The fourth-order valence-corrected chi connectivity index (χ4v) is 3.18. The van der Waals surface area contributed by atoms with Crippen LogP contribution in [0.2, 0.25) is 5.02 Å². The molecule has 1 unspecified atom stereocenters. The summed E-state index contributed by atoms with van der Waals surface area (Å²) in [6, 6.07) is 4.59. The lowest BCUT2D eigenvalue weighted by atomic mass is 10.1. The van der Waals surface area contributed by atoms with Crippen molar-refractivity contribution in [3.63, 3.8) is 0 Å². The topological polar surface area (TPSA) is 3.24 Å². The van der Waals surface area contributed by atoms with E-state index in [0.717, 1.165) is 36.4 Å². The van der Waals surface area contributed by atoms with E-state index < -0.39 is 0 Å². The molecule has 0 bridgehead atoms. The molecular weight excluding hydrogens is 305 g/mol. The van der Waals surface area contributed by atoms with Gasteiger partial charge in [-0.2, -0.15) is 0 Å². The quantitative estimate of drug-likeness (QED) is 0.755. The number of likely N-dealkylation sites (tertiary alicyclic amines) is 1. The molecule has 1 aliphatic rings. The molecule has 1 nitrogen and oxygen atoms in total. The van der Waals surface area contributed by atoms with Gasteiger partial charge in [-0.25, -0.2) is 4.39 Å². The molecule has 1 aromatic carbocycles. The molecule has 0 aliphatic carbocycles. The van der Waals surface area contributed by atoms with Crippen LogP contribution in [0.4, 0.5) is 4.39 Å². The maximum absolute atomic E-state index is 13.1. The SMILES string of the molecule is Fc1ccc(Cl)c(CN2CCC(CCBr)C2)c1. The van der Waals surface area contributed by atoms with E-state index in [2.05, 4.69) is 20.8 Å². The summed E-state index contributed by atoms with van der Waals surface area (Å²) in [7, 11) is 0. The normalized spacial score (nSPS) is 21.0. The maximum atomic E-state index is 13.1. The molecule has 94 valence electrons. The van der Waals surface area contributed by atoms with Gasteiger partial charge in [0.05, 0.1) is 0 Å². The van der Waals surface area contributed by atoms with Crippen LogP contribution in [-0.4, -0.2) is 23.3 Å². The average Bonchev–Trinajstić information content (AvgIpc) is 2.72. The molecule has 0 spiro atoms. The van der Waals surface area contributed by atoms with Crippen LogP contribution in [0, 0.1) is 11.7 Å². The Bertz CT molecular complexity index is 386. The molecule has 0 aromatic heterocycles. The van der Waals surface area contributed by atoms with Crippen LogP contribution in [0.5, 0.6) is 0 Å². The van der Waals surface area contributed by atoms with Crippen molar-refractivity contribution < 1.29 is 4.39 Å². The largest absolute Gasteiger partial charge is 0.299 e. The molecule has 1 aliphatic heterocycles. The van der Waals surface area contributed by atoms with Gasteiger partial charge >= 0.3 is 0 Å². The predicted molar refractivity (Wildman–Crippen MR) is 73.2 cm³/mol. The van der Waals surface area contributed by atoms with E-state index in [9.17, 15) is 4.39 Å². The Morgan fingerprint density at radius 1 is 1.47 bits per heavy atom. The first-order chi connectivity index (χ1) is 8.19. The molecule has 1 saturated heterocycles. The molecule has 1 heterocycles. The van der Waals surface area contributed by atoms with Crippen molar-refractivity contribution in [2.45, 2.75) is 19.4 Å². The second-order valence-electron chi connectivity index (χ2n) is 4.60.